The Labute approximate surface area is 252 Å². The van der Waals surface area contributed by atoms with E-state index in [1.54, 1.807) is 6.92 Å². The number of carbonyl (C=O) groups is 1. The van der Waals surface area contributed by atoms with Gasteiger partial charge in [0, 0.05) is 15.6 Å². The van der Waals surface area contributed by atoms with Gasteiger partial charge in [-0.3, -0.25) is 4.52 Å². The Bertz CT molecular complexity index is 1340. The molecule has 4 rings (SSSR count). The summed E-state index contributed by atoms with van der Waals surface area (Å²) in [4.78, 5) is 11.2. The van der Waals surface area contributed by atoms with E-state index < -0.39 is 13.8 Å². The largest absolute Gasteiger partial charge is 0.587 e. The smallest absolute Gasteiger partial charge is 0.457 e. The lowest BCUT2D eigenvalue weighted by molar-refractivity contribution is 0.0535. The van der Waals surface area contributed by atoms with Gasteiger partial charge in [0.1, 0.15) is 6.61 Å². The molecule has 1 aliphatic rings. The van der Waals surface area contributed by atoms with Gasteiger partial charge in [-0.2, -0.15) is 0 Å². The number of fused-ring (bicyclic) bond motifs is 1. The highest BCUT2D eigenvalue weighted by atomic mass is 35.5. The van der Waals surface area contributed by atoms with Crippen LogP contribution in [-0.4, -0.2) is 12.6 Å². The number of phosphoric ester groups is 1. The lowest BCUT2D eigenvalue weighted by Crippen LogP contribution is -2.05. The quantitative estimate of drug-likeness (QED) is 0.111. The monoisotopic (exact) mass is 684 g/mol. The fourth-order valence-electron chi connectivity index (χ4n) is 2.80. The Morgan fingerprint density at radius 2 is 1.27 bits per heavy atom. The van der Waals surface area contributed by atoms with Crippen LogP contribution in [0.2, 0.25) is 40.2 Å². The van der Waals surface area contributed by atoms with E-state index in [0.717, 1.165) is 0 Å². The predicted molar refractivity (Wildman–Crippen MR) is 149 cm³/mol. The van der Waals surface area contributed by atoms with Crippen LogP contribution in [0.1, 0.15) is 22.8 Å². The van der Waals surface area contributed by atoms with Gasteiger partial charge in [-0.25, -0.2) is 9.36 Å². The molecule has 198 valence electrons. The Balaban J connectivity index is 0.000000231. The third-order valence-electron chi connectivity index (χ3n) is 4.41. The second kappa shape index (κ2) is 13.1. The van der Waals surface area contributed by atoms with Crippen molar-refractivity contribution in [3.8, 4) is 11.5 Å². The molecule has 0 saturated carbocycles. The van der Waals surface area contributed by atoms with E-state index in [-0.39, 0.29) is 60.4 Å². The van der Waals surface area contributed by atoms with Gasteiger partial charge in [0.25, 0.3) is 0 Å². The molecule has 0 spiro atoms. The van der Waals surface area contributed by atoms with Gasteiger partial charge >= 0.3 is 13.8 Å². The lowest BCUT2D eigenvalue weighted by Gasteiger charge is -2.19. The van der Waals surface area contributed by atoms with Crippen LogP contribution in [0.15, 0.2) is 36.4 Å². The van der Waals surface area contributed by atoms with Crippen LogP contribution < -0.4 is 9.05 Å². The molecule has 15 heteroatoms. The summed E-state index contributed by atoms with van der Waals surface area (Å²) < 4.78 is 33.4. The first-order valence-corrected chi connectivity index (χ1v) is 14.4. The normalized spacial score (nSPS) is 12.4. The van der Waals surface area contributed by atoms with Gasteiger partial charge in [-0.05, 0) is 43.3 Å². The molecule has 0 atom stereocenters. The molecule has 0 N–H and O–H groups in total. The van der Waals surface area contributed by atoms with Crippen LogP contribution in [0.5, 0.6) is 11.5 Å². The van der Waals surface area contributed by atoms with Crippen molar-refractivity contribution in [1.82, 2.24) is 0 Å². The molecule has 0 saturated heterocycles. The Hall–Kier alpha value is -0.760. The minimum atomic E-state index is -4.00. The maximum Gasteiger partial charge on any atom is 0.587 e. The Morgan fingerprint density at radius 1 is 0.784 bits per heavy atom. The van der Waals surface area contributed by atoms with Crippen molar-refractivity contribution < 1.29 is 27.7 Å². The third-order valence-corrected chi connectivity index (χ3v) is 8.73. The fourth-order valence-corrected chi connectivity index (χ4v) is 6.09. The van der Waals surface area contributed by atoms with E-state index in [9.17, 15) is 9.36 Å². The van der Waals surface area contributed by atoms with Crippen molar-refractivity contribution in [2.75, 3.05) is 6.61 Å². The number of cyclic esters (lactones) is 1. The first-order valence-electron chi connectivity index (χ1n) is 9.92. The fraction of sp³-hybridized carbons (Fsp3) is 0.136. The zero-order valence-corrected chi connectivity index (χ0v) is 25.2. The van der Waals surface area contributed by atoms with Crippen molar-refractivity contribution >= 4 is 107 Å². The summed E-state index contributed by atoms with van der Waals surface area (Å²) in [6, 6.07) is 8.89. The lowest BCUT2D eigenvalue weighted by atomic mass is 10.1. The molecule has 0 amide bonds. The van der Waals surface area contributed by atoms with E-state index >= 15 is 0 Å². The molecule has 37 heavy (non-hydrogen) atoms. The zero-order chi connectivity index (χ0) is 27.5. The van der Waals surface area contributed by atoms with E-state index in [2.05, 4.69) is 0 Å². The van der Waals surface area contributed by atoms with Crippen LogP contribution in [0.3, 0.4) is 0 Å². The Kier molecular flexibility index (Phi) is 10.9. The van der Waals surface area contributed by atoms with Crippen molar-refractivity contribution in [1.29, 1.82) is 0 Å². The summed E-state index contributed by atoms with van der Waals surface area (Å²) in [7, 11) is -4.00. The molecule has 0 aliphatic carbocycles. The highest BCUT2D eigenvalue weighted by Gasteiger charge is 2.32. The molecule has 1 aliphatic heterocycles. The molecule has 6 nitrogen and oxygen atoms in total. The first kappa shape index (κ1) is 30.8. The number of ether oxygens (including phenoxy) is 1. The van der Waals surface area contributed by atoms with Crippen LogP contribution in [0, 0.1) is 0 Å². The predicted octanol–water partition coefficient (Wildman–Crippen LogP) is 10.9. The van der Waals surface area contributed by atoms with Crippen LogP contribution >= 0.6 is 101 Å². The van der Waals surface area contributed by atoms with Crippen molar-refractivity contribution in [3.05, 3.63) is 87.7 Å². The summed E-state index contributed by atoms with van der Waals surface area (Å²) in [5, 5.41) is 1.71. The van der Waals surface area contributed by atoms with Gasteiger partial charge in [0.05, 0.1) is 42.3 Å². The third kappa shape index (κ3) is 7.46. The number of hydrogen-bond donors (Lipinski definition) is 0. The van der Waals surface area contributed by atoms with Crippen molar-refractivity contribution in [2.24, 2.45) is 0 Å². The summed E-state index contributed by atoms with van der Waals surface area (Å²) >= 11 is 46.9. The highest BCUT2D eigenvalue weighted by Crippen LogP contribution is 2.52. The molecule has 1 heterocycles. The summed E-state index contributed by atoms with van der Waals surface area (Å²) in [5.41, 5.74) is 0.710. The van der Waals surface area contributed by atoms with Gasteiger partial charge in [0.2, 0.25) is 0 Å². The van der Waals surface area contributed by atoms with E-state index in [0.29, 0.717) is 15.6 Å². The van der Waals surface area contributed by atoms with Crippen LogP contribution in [0.25, 0.3) is 0 Å². The number of rotatable bonds is 6. The average molecular weight is 688 g/mol. The van der Waals surface area contributed by atoms with Gasteiger partial charge < -0.3 is 13.8 Å². The number of phosphoric acid groups is 1. The molecule has 0 aromatic heterocycles. The topological polar surface area (TPSA) is 71.1 Å². The average Bonchev–Trinajstić information content (AvgIpc) is 3.22. The summed E-state index contributed by atoms with van der Waals surface area (Å²) in [5.74, 6) is -0.304. The zero-order valence-electron chi connectivity index (χ0n) is 18.3. The van der Waals surface area contributed by atoms with Crippen LogP contribution in [0.4, 0.5) is 0 Å². The highest BCUT2D eigenvalue weighted by molar-refractivity contribution is 7.49. The standard InChI is InChI=1S/C14H11Cl4O4P.C8H2Cl4O2/c1-2-20-23(19,21-13-5-3-9(15)7-11(13)17)22-14-6-4-10(16)8-12(14)18;9-4-2-1-14-8(13)3(2)5(10)7(12)6(4)11/h3-8H,2H2,1H3;1H2. The maximum atomic E-state index is 12.8. The SMILES string of the molecule is CCOP(=O)(Oc1ccc(Cl)cc1Cl)Oc1ccc(Cl)cc1Cl.O=C1OCc2c(Cl)c(Cl)c(Cl)c(Cl)c21. The molecule has 0 unspecified atom stereocenters. The Morgan fingerprint density at radius 3 is 1.73 bits per heavy atom. The second-order valence-corrected chi connectivity index (χ2v) is 11.6. The number of halogens is 8. The molecule has 0 radical (unpaired) electrons. The van der Waals surface area contributed by atoms with Crippen molar-refractivity contribution in [2.45, 2.75) is 13.5 Å². The molecule has 0 fully saturated rings. The van der Waals surface area contributed by atoms with Gasteiger partial charge in [0.15, 0.2) is 11.5 Å². The van der Waals surface area contributed by atoms with E-state index in [1.165, 1.54) is 36.4 Å². The number of hydrogen-bond acceptors (Lipinski definition) is 6. The molecule has 3 aromatic carbocycles. The maximum absolute atomic E-state index is 12.8. The summed E-state index contributed by atoms with van der Waals surface area (Å²) in [6.45, 7) is 1.82. The second-order valence-electron chi connectivity index (χ2n) is 6.88. The number of benzene rings is 3. The minimum absolute atomic E-state index is 0.0796. The molecule has 0 bridgehead atoms. The summed E-state index contributed by atoms with van der Waals surface area (Å²) in [6.07, 6.45) is 0. The van der Waals surface area contributed by atoms with Crippen molar-refractivity contribution in [3.63, 3.8) is 0 Å². The van der Waals surface area contributed by atoms with Gasteiger partial charge in [-0.1, -0.05) is 92.8 Å². The molecular formula is C22H13Cl8O6P. The van der Waals surface area contributed by atoms with E-state index in [1.807, 2.05) is 0 Å². The number of esters is 1. The molecular weight excluding hydrogens is 675 g/mol. The van der Waals surface area contributed by atoms with Gasteiger partial charge in [-0.15, -0.1) is 0 Å². The molecule has 3 aromatic rings. The minimum Gasteiger partial charge on any atom is -0.457 e. The van der Waals surface area contributed by atoms with Crippen LogP contribution in [-0.2, 0) is 20.4 Å². The first-order chi connectivity index (χ1) is 17.4. The number of carbonyl (C=O) groups excluding carboxylic acids is 1. The van der Waals surface area contributed by atoms with E-state index in [4.69, 9.17) is 111 Å².